The number of likely N-dealkylation sites (N-methyl/N-ethyl adjacent to an activating group) is 1. The van der Waals surface area contributed by atoms with Gasteiger partial charge in [0.15, 0.2) is 11.5 Å². The number of β-amino-alcohol motifs (C(OH)–C–C–N with tert-alkyl or cyclic N) is 1. The van der Waals surface area contributed by atoms with Crippen LogP contribution in [0.5, 0.6) is 11.5 Å². The fourth-order valence-corrected chi connectivity index (χ4v) is 2.29. The Bertz CT molecular complexity index is 484. The monoisotopic (exact) mass is 266 g/mol. The van der Waals surface area contributed by atoms with Crippen LogP contribution in [0.25, 0.3) is 0 Å². The molecule has 0 bridgehead atoms. The van der Waals surface area contributed by atoms with Gasteiger partial charge in [0, 0.05) is 13.6 Å². The predicted octanol–water partition coefficient (Wildman–Crippen LogP) is -0.106. The van der Waals surface area contributed by atoms with Gasteiger partial charge < -0.3 is 25.5 Å². The fraction of sp³-hybridized carbons (Fsp3) is 0.462. The molecule has 1 heterocycles. The highest BCUT2D eigenvalue weighted by Gasteiger charge is 2.34. The van der Waals surface area contributed by atoms with Gasteiger partial charge in [0.05, 0.1) is 17.7 Å². The van der Waals surface area contributed by atoms with Crippen molar-refractivity contribution >= 4 is 5.91 Å². The lowest BCUT2D eigenvalue weighted by molar-refractivity contribution is 0.0251. The lowest BCUT2D eigenvalue weighted by atomic mass is 10.0. The van der Waals surface area contributed by atoms with Crippen molar-refractivity contribution in [3.05, 3.63) is 23.8 Å². The van der Waals surface area contributed by atoms with Gasteiger partial charge in [0.25, 0.3) is 5.91 Å². The highest BCUT2D eigenvalue weighted by atomic mass is 16.3. The second-order valence-corrected chi connectivity index (χ2v) is 4.99. The van der Waals surface area contributed by atoms with E-state index in [1.807, 2.05) is 0 Å². The van der Waals surface area contributed by atoms with Crippen LogP contribution in [0.4, 0.5) is 0 Å². The molecule has 1 saturated heterocycles. The first-order chi connectivity index (χ1) is 8.93. The molecule has 1 aliphatic heterocycles. The van der Waals surface area contributed by atoms with Gasteiger partial charge in [0.2, 0.25) is 0 Å². The summed E-state index contributed by atoms with van der Waals surface area (Å²) in [6, 6.07) is 4.23. The number of aliphatic hydroxyl groups is 1. The number of nitrogens with zero attached hydrogens (tertiary/aromatic N) is 1. The van der Waals surface area contributed by atoms with Crippen molar-refractivity contribution in [3.63, 3.8) is 0 Å². The zero-order chi connectivity index (χ0) is 14.0. The summed E-state index contributed by atoms with van der Waals surface area (Å²) in [7, 11) is 1.56. The number of nitrogens with one attached hydrogen (secondary N) is 1. The van der Waals surface area contributed by atoms with Crippen LogP contribution in [0, 0.1) is 0 Å². The molecule has 4 N–H and O–H groups in total. The summed E-state index contributed by atoms with van der Waals surface area (Å²) >= 11 is 0. The Morgan fingerprint density at radius 3 is 2.84 bits per heavy atom. The second kappa shape index (κ2) is 5.07. The molecule has 0 spiro atoms. The van der Waals surface area contributed by atoms with E-state index in [0.717, 1.165) is 6.54 Å². The van der Waals surface area contributed by atoms with Crippen molar-refractivity contribution in [3.8, 4) is 11.5 Å². The van der Waals surface area contributed by atoms with E-state index in [9.17, 15) is 20.1 Å². The molecular weight excluding hydrogens is 248 g/mol. The molecule has 104 valence electrons. The number of aromatic hydroxyl groups is 2. The number of carbonyl (C=O) groups excluding carboxylic acids is 1. The highest BCUT2D eigenvalue weighted by molar-refractivity contribution is 5.97. The van der Waals surface area contributed by atoms with Gasteiger partial charge in [0.1, 0.15) is 0 Å². The average Bonchev–Trinajstić information content (AvgIpc) is 2.78. The number of carbonyl (C=O) groups is 1. The van der Waals surface area contributed by atoms with E-state index in [1.54, 1.807) is 7.05 Å². The lowest BCUT2D eigenvalue weighted by Crippen LogP contribution is -2.45. The molecule has 1 amide bonds. The van der Waals surface area contributed by atoms with Crippen molar-refractivity contribution in [1.82, 2.24) is 10.2 Å². The summed E-state index contributed by atoms with van der Waals surface area (Å²) in [5.41, 5.74) is -0.909. The molecule has 1 unspecified atom stereocenters. The maximum absolute atomic E-state index is 12.2. The van der Waals surface area contributed by atoms with E-state index >= 15 is 0 Å². The first kappa shape index (κ1) is 13.6. The van der Waals surface area contributed by atoms with E-state index in [1.165, 1.54) is 23.1 Å². The third-order valence-corrected chi connectivity index (χ3v) is 3.34. The second-order valence-electron chi connectivity index (χ2n) is 4.99. The number of para-hydroxylation sites is 1. The van der Waals surface area contributed by atoms with Gasteiger partial charge in [-0.25, -0.2) is 0 Å². The number of amides is 1. The van der Waals surface area contributed by atoms with Crippen LogP contribution in [0.15, 0.2) is 18.2 Å². The van der Waals surface area contributed by atoms with Crippen LogP contribution in [-0.2, 0) is 0 Å². The molecule has 1 fully saturated rings. The molecule has 1 aliphatic rings. The van der Waals surface area contributed by atoms with Gasteiger partial charge in [-0.3, -0.25) is 4.79 Å². The third-order valence-electron chi connectivity index (χ3n) is 3.34. The Balaban J connectivity index is 2.12. The van der Waals surface area contributed by atoms with Gasteiger partial charge in [-0.05, 0) is 25.1 Å². The number of benzene rings is 1. The molecular formula is C13H18N2O4. The fourth-order valence-electron chi connectivity index (χ4n) is 2.29. The van der Waals surface area contributed by atoms with Crippen LogP contribution in [0.3, 0.4) is 0 Å². The zero-order valence-electron chi connectivity index (χ0n) is 10.8. The molecule has 19 heavy (non-hydrogen) atoms. The Morgan fingerprint density at radius 2 is 2.21 bits per heavy atom. The smallest absolute Gasteiger partial charge is 0.257 e. The average molecular weight is 266 g/mol. The van der Waals surface area contributed by atoms with Crippen LogP contribution in [0.2, 0.25) is 0 Å². The summed E-state index contributed by atoms with van der Waals surface area (Å²) in [5.74, 6) is -1.20. The molecule has 6 heteroatoms. The van der Waals surface area contributed by atoms with E-state index in [-0.39, 0.29) is 17.9 Å². The summed E-state index contributed by atoms with van der Waals surface area (Å²) in [6.45, 7) is 1.33. The molecule has 2 rings (SSSR count). The number of phenols is 2. The summed E-state index contributed by atoms with van der Waals surface area (Å²) in [5, 5.41) is 32.3. The van der Waals surface area contributed by atoms with Crippen LogP contribution in [0.1, 0.15) is 16.8 Å². The van der Waals surface area contributed by atoms with E-state index in [2.05, 4.69) is 5.32 Å². The first-order valence-electron chi connectivity index (χ1n) is 6.12. The van der Waals surface area contributed by atoms with Crippen LogP contribution in [-0.4, -0.2) is 58.4 Å². The van der Waals surface area contributed by atoms with Crippen molar-refractivity contribution in [2.24, 2.45) is 0 Å². The summed E-state index contributed by atoms with van der Waals surface area (Å²) in [4.78, 5) is 13.5. The molecule has 1 atom stereocenters. The molecule has 0 saturated carbocycles. The minimum Gasteiger partial charge on any atom is -0.504 e. The molecule has 0 aromatic heterocycles. The van der Waals surface area contributed by atoms with Crippen molar-refractivity contribution in [1.29, 1.82) is 0 Å². The summed E-state index contributed by atoms with van der Waals surface area (Å²) < 4.78 is 0. The first-order valence-corrected chi connectivity index (χ1v) is 6.12. The van der Waals surface area contributed by atoms with E-state index in [4.69, 9.17) is 0 Å². The number of rotatable bonds is 3. The Morgan fingerprint density at radius 1 is 1.47 bits per heavy atom. The SMILES string of the molecule is CN(CC1(O)CCNC1)C(=O)c1cccc(O)c1O. The highest BCUT2D eigenvalue weighted by Crippen LogP contribution is 2.29. The van der Waals surface area contributed by atoms with Crippen molar-refractivity contribution in [2.45, 2.75) is 12.0 Å². The lowest BCUT2D eigenvalue weighted by Gasteiger charge is -2.28. The standard InChI is InChI=1S/C13H18N2O4/c1-15(8-13(19)5-6-14-7-13)12(18)9-3-2-4-10(16)11(9)17/h2-4,14,16-17,19H,5-8H2,1H3. The third kappa shape index (κ3) is 2.80. The largest absolute Gasteiger partial charge is 0.504 e. The number of phenolic OH excluding ortho intramolecular Hbond substituents is 2. The Hall–Kier alpha value is -1.79. The summed E-state index contributed by atoms with van der Waals surface area (Å²) in [6.07, 6.45) is 0.580. The minimum absolute atomic E-state index is 0.0251. The van der Waals surface area contributed by atoms with Gasteiger partial charge in [-0.1, -0.05) is 6.07 Å². The molecule has 0 aliphatic carbocycles. The minimum atomic E-state index is -0.934. The number of hydrogen-bond donors (Lipinski definition) is 4. The topological polar surface area (TPSA) is 93.0 Å². The van der Waals surface area contributed by atoms with Crippen molar-refractivity contribution < 1.29 is 20.1 Å². The van der Waals surface area contributed by atoms with Gasteiger partial charge in [-0.2, -0.15) is 0 Å². The molecule has 1 aromatic rings. The molecule has 1 aromatic carbocycles. The van der Waals surface area contributed by atoms with Gasteiger partial charge >= 0.3 is 0 Å². The van der Waals surface area contributed by atoms with Crippen molar-refractivity contribution in [2.75, 3.05) is 26.7 Å². The molecule has 6 nitrogen and oxygen atoms in total. The maximum Gasteiger partial charge on any atom is 0.257 e. The van der Waals surface area contributed by atoms with Crippen LogP contribution < -0.4 is 5.32 Å². The van der Waals surface area contributed by atoms with Gasteiger partial charge in [-0.15, -0.1) is 0 Å². The quantitative estimate of drug-likeness (QED) is 0.573. The van der Waals surface area contributed by atoms with Crippen LogP contribution >= 0.6 is 0 Å². The zero-order valence-corrected chi connectivity index (χ0v) is 10.8. The molecule has 0 radical (unpaired) electrons. The van der Waals surface area contributed by atoms with E-state index in [0.29, 0.717) is 13.0 Å². The number of hydrogen-bond acceptors (Lipinski definition) is 5. The van der Waals surface area contributed by atoms with E-state index < -0.39 is 17.3 Å². The normalized spacial score (nSPS) is 22.4. The Kier molecular flexibility index (Phi) is 3.64. The predicted molar refractivity (Wildman–Crippen MR) is 69.2 cm³/mol. The Labute approximate surface area is 111 Å². The maximum atomic E-state index is 12.2.